The first-order chi connectivity index (χ1) is 4.64. The third-order valence-electron chi connectivity index (χ3n) is 1.52. The first-order valence-corrected chi connectivity index (χ1v) is 4.38. The molecular weight excluding hydrogens is 195 g/mol. The highest BCUT2D eigenvalue weighted by Crippen LogP contribution is 2.26. The van der Waals surface area contributed by atoms with Crippen LogP contribution in [0.3, 0.4) is 0 Å². The van der Waals surface area contributed by atoms with Crippen molar-refractivity contribution >= 4 is 15.9 Å². The zero-order valence-corrected chi connectivity index (χ0v) is 7.49. The normalized spacial score (nSPS) is 32.1. The van der Waals surface area contributed by atoms with Gasteiger partial charge in [0, 0.05) is 11.8 Å². The molecule has 0 radical (unpaired) electrons. The van der Waals surface area contributed by atoms with E-state index in [9.17, 15) is 4.39 Å². The second kappa shape index (κ2) is 2.87. The summed E-state index contributed by atoms with van der Waals surface area (Å²) in [6.45, 7) is 1.60. The van der Waals surface area contributed by atoms with Crippen LogP contribution < -0.4 is 0 Å². The van der Waals surface area contributed by atoms with E-state index in [2.05, 4.69) is 15.9 Å². The van der Waals surface area contributed by atoms with Crippen LogP contribution in [0.2, 0.25) is 0 Å². The lowest BCUT2D eigenvalue weighted by molar-refractivity contribution is 0.254. The van der Waals surface area contributed by atoms with Gasteiger partial charge >= 0.3 is 0 Å². The fraction of sp³-hybridized carbons (Fsp3) is 0.500. The Labute approximate surface area is 68.9 Å². The number of rotatable bonds is 1. The molecule has 1 aliphatic rings. The second-order valence-electron chi connectivity index (χ2n) is 2.77. The van der Waals surface area contributed by atoms with Gasteiger partial charge in [0.25, 0.3) is 0 Å². The van der Waals surface area contributed by atoms with Crippen molar-refractivity contribution in [2.75, 3.05) is 5.33 Å². The van der Waals surface area contributed by atoms with E-state index in [1.807, 2.05) is 6.08 Å². The number of hydrogen-bond donors (Lipinski definition) is 0. The summed E-state index contributed by atoms with van der Waals surface area (Å²) in [4.78, 5) is 0. The van der Waals surface area contributed by atoms with Gasteiger partial charge in [-0.05, 0) is 13.0 Å². The second-order valence-corrected chi connectivity index (χ2v) is 3.33. The number of alkyl halides is 2. The van der Waals surface area contributed by atoms with Gasteiger partial charge in [0.1, 0.15) is 5.67 Å². The van der Waals surface area contributed by atoms with E-state index in [0.29, 0.717) is 6.42 Å². The molecule has 1 aliphatic carbocycles. The van der Waals surface area contributed by atoms with Crippen LogP contribution in [0.15, 0.2) is 23.8 Å². The fourth-order valence-electron chi connectivity index (χ4n) is 1.04. The zero-order valence-electron chi connectivity index (χ0n) is 5.90. The minimum atomic E-state index is -1.13. The van der Waals surface area contributed by atoms with Crippen LogP contribution in [0.4, 0.5) is 4.39 Å². The Hall–Kier alpha value is -0.110. The molecule has 0 aromatic heterocycles. The quantitative estimate of drug-likeness (QED) is 0.577. The van der Waals surface area contributed by atoms with Crippen LogP contribution in [0.1, 0.15) is 13.3 Å². The van der Waals surface area contributed by atoms with Crippen molar-refractivity contribution in [2.24, 2.45) is 0 Å². The van der Waals surface area contributed by atoms with Gasteiger partial charge in [-0.1, -0.05) is 33.7 Å². The zero-order chi connectivity index (χ0) is 7.61. The van der Waals surface area contributed by atoms with Crippen LogP contribution in [-0.4, -0.2) is 11.0 Å². The van der Waals surface area contributed by atoms with E-state index in [1.165, 1.54) is 0 Å². The van der Waals surface area contributed by atoms with Crippen LogP contribution in [-0.2, 0) is 0 Å². The Morgan fingerprint density at radius 1 is 1.80 bits per heavy atom. The van der Waals surface area contributed by atoms with E-state index in [1.54, 1.807) is 19.1 Å². The number of hydrogen-bond acceptors (Lipinski definition) is 0. The van der Waals surface area contributed by atoms with Gasteiger partial charge in [-0.2, -0.15) is 0 Å². The predicted molar refractivity (Wildman–Crippen MR) is 45.1 cm³/mol. The van der Waals surface area contributed by atoms with E-state index in [-0.39, 0.29) is 0 Å². The maximum Gasteiger partial charge on any atom is 0.130 e. The molecule has 0 fully saturated rings. The maximum atomic E-state index is 13.2. The van der Waals surface area contributed by atoms with Crippen molar-refractivity contribution in [3.05, 3.63) is 23.8 Å². The average molecular weight is 205 g/mol. The van der Waals surface area contributed by atoms with Gasteiger partial charge in [-0.15, -0.1) is 0 Å². The Bertz CT molecular complexity index is 180. The molecule has 1 unspecified atom stereocenters. The molecule has 2 heteroatoms. The highest BCUT2D eigenvalue weighted by molar-refractivity contribution is 9.09. The van der Waals surface area contributed by atoms with Gasteiger partial charge in [0.2, 0.25) is 0 Å². The molecule has 0 saturated heterocycles. The summed E-state index contributed by atoms with van der Waals surface area (Å²) < 4.78 is 13.2. The van der Waals surface area contributed by atoms with E-state index in [4.69, 9.17) is 0 Å². The minimum Gasteiger partial charge on any atom is -0.239 e. The Kier molecular flexibility index (Phi) is 2.29. The summed E-state index contributed by atoms with van der Waals surface area (Å²) in [5.41, 5.74) is -0.00907. The molecule has 0 bridgehead atoms. The Morgan fingerprint density at radius 2 is 2.50 bits per heavy atom. The lowest BCUT2D eigenvalue weighted by Crippen LogP contribution is -2.17. The topological polar surface area (TPSA) is 0 Å². The molecule has 1 rings (SSSR count). The first-order valence-electron chi connectivity index (χ1n) is 3.26. The molecule has 0 nitrogen and oxygen atoms in total. The van der Waals surface area contributed by atoms with Crippen LogP contribution in [0.25, 0.3) is 0 Å². The van der Waals surface area contributed by atoms with E-state index >= 15 is 0 Å². The summed E-state index contributed by atoms with van der Waals surface area (Å²) in [6, 6.07) is 0. The lowest BCUT2D eigenvalue weighted by atomic mass is 9.94. The number of halogens is 2. The van der Waals surface area contributed by atoms with Crippen LogP contribution in [0, 0.1) is 0 Å². The third-order valence-corrected chi connectivity index (χ3v) is 2.24. The summed E-state index contributed by atoms with van der Waals surface area (Å²) in [5.74, 6) is 0. The highest BCUT2D eigenvalue weighted by atomic mass is 79.9. The van der Waals surface area contributed by atoms with Gasteiger partial charge in [-0.3, -0.25) is 0 Å². The number of allylic oxidation sites excluding steroid dienone is 4. The molecule has 0 heterocycles. The standard InChI is InChI=1S/C8H10BrF/c1-8(10)4-2-3-7(5-8)6-9/h2-4H,5-6H2,1H3. The lowest BCUT2D eigenvalue weighted by Gasteiger charge is -2.19. The molecule has 1 atom stereocenters. The molecule has 0 N–H and O–H groups in total. The molecule has 10 heavy (non-hydrogen) atoms. The van der Waals surface area contributed by atoms with Gasteiger partial charge in [0.05, 0.1) is 0 Å². The average Bonchev–Trinajstić information content (AvgIpc) is 1.86. The SMILES string of the molecule is CC1(F)C=CC=C(CBr)C1. The van der Waals surface area contributed by atoms with Crippen molar-refractivity contribution in [3.63, 3.8) is 0 Å². The van der Waals surface area contributed by atoms with E-state index < -0.39 is 5.67 Å². The minimum absolute atomic E-state index is 0.523. The van der Waals surface area contributed by atoms with Crippen molar-refractivity contribution in [1.82, 2.24) is 0 Å². The Balaban J connectivity index is 2.68. The van der Waals surface area contributed by atoms with Gasteiger partial charge < -0.3 is 0 Å². The third kappa shape index (κ3) is 1.94. The van der Waals surface area contributed by atoms with Crippen LogP contribution >= 0.6 is 15.9 Å². The molecular formula is C8H10BrF. The smallest absolute Gasteiger partial charge is 0.130 e. The molecule has 0 spiro atoms. The maximum absolute atomic E-state index is 13.2. The summed E-state index contributed by atoms with van der Waals surface area (Å²) in [7, 11) is 0. The highest BCUT2D eigenvalue weighted by Gasteiger charge is 2.22. The Morgan fingerprint density at radius 3 is 2.90 bits per heavy atom. The molecule has 0 aliphatic heterocycles. The van der Waals surface area contributed by atoms with Crippen molar-refractivity contribution in [3.8, 4) is 0 Å². The molecule has 0 aromatic carbocycles. The first kappa shape index (κ1) is 7.99. The van der Waals surface area contributed by atoms with Crippen molar-refractivity contribution in [1.29, 1.82) is 0 Å². The monoisotopic (exact) mass is 204 g/mol. The molecule has 0 aromatic rings. The molecule has 0 amide bonds. The van der Waals surface area contributed by atoms with E-state index in [0.717, 1.165) is 10.9 Å². The predicted octanol–water partition coefficient (Wildman–Crippen LogP) is 3.00. The fourth-order valence-corrected chi connectivity index (χ4v) is 1.42. The van der Waals surface area contributed by atoms with Gasteiger partial charge in [-0.25, -0.2) is 4.39 Å². The van der Waals surface area contributed by atoms with Crippen molar-refractivity contribution < 1.29 is 4.39 Å². The summed E-state index contributed by atoms with van der Waals surface area (Å²) in [5, 5.41) is 0.775. The van der Waals surface area contributed by atoms with Crippen LogP contribution in [0.5, 0.6) is 0 Å². The van der Waals surface area contributed by atoms with Crippen molar-refractivity contribution in [2.45, 2.75) is 19.0 Å². The summed E-state index contributed by atoms with van der Waals surface area (Å²) in [6.07, 6.45) is 5.85. The largest absolute Gasteiger partial charge is 0.239 e. The summed E-state index contributed by atoms with van der Waals surface area (Å²) >= 11 is 3.29. The molecule has 56 valence electrons. The van der Waals surface area contributed by atoms with Gasteiger partial charge in [0.15, 0.2) is 0 Å². The molecule has 0 saturated carbocycles.